The Balaban J connectivity index is 1.87. The molecule has 0 fully saturated rings. The summed E-state index contributed by atoms with van der Waals surface area (Å²) in [5.41, 5.74) is 5.61. The Bertz CT molecular complexity index is 1140. The van der Waals surface area contributed by atoms with Crippen molar-refractivity contribution in [1.82, 2.24) is 5.32 Å². The van der Waals surface area contributed by atoms with Gasteiger partial charge in [-0.25, -0.2) is 4.79 Å². The lowest BCUT2D eigenvalue weighted by atomic mass is 9.69. The van der Waals surface area contributed by atoms with Crippen molar-refractivity contribution < 1.29 is 14.3 Å². The number of allylic oxidation sites excluding steroid dienone is 7. The average molecular weight is 415 g/mol. The maximum atomic E-state index is 13.2. The van der Waals surface area contributed by atoms with E-state index >= 15 is 0 Å². The lowest BCUT2D eigenvalue weighted by molar-refractivity contribution is -0.144. The summed E-state index contributed by atoms with van der Waals surface area (Å²) >= 11 is 0. The van der Waals surface area contributed by atoms with Crippen molar-refractivity contribution in [2.45, 2.75) is 46.6 Å². The van der Waals surface area contributed by atoms with E-state index in [1.165, 1.54) is 0 Å². The molecule has 158 valence electrons. The van der Waals surface area contributed by atoms with Crippen LogP contribution in [-0.4, -0.2) is 17.9 Å². The van der Waals surface area contributed by atoms with E-state index in [9.17, 15) is 14.9 Å². The number of hydrogen-bond acceptors (Lipinski definition) is 5. The third-order valence-electron chi connectivity index (χ3n) is 6.47. The number of carbonyl (C=O) groups excluding carboxylic acids is 2. The van der Waals surface area contributed by atoms with Crippen molar-refractivity contribution in [3.05, 3.63) is 75.7 Å². The van der Waals surface area contributed by atoms with Crippen LogP contribution in [0.5, 0.6) is 0 Å². The van der Waals surface area contributed by atoms with Gasteiger partial charge in [0.15, 0.2) is 5.78 Å². The molecular weight excluding hydrogens is 388 g/mol. The van der Waals surface area contributed by atoms with Crippen LogP contribution in [0, 0.1) is 23.2 Å². The number of dihydropyridines is 1. The van der Waals surface area contributed by atoms with E-state index in [-0.39, 0.29) is 17.8 Å². The summed E-state index contributed by atoms with van der Waals surface area (Å²) in [6.07, 6.45) is 4.98. The van der Waals surface area contributed by atoms with Gasteiger partial charge in [0, 0.05) is 34.4 Å². The second-order valence-corrected chi connectivity index (χ2v) is 8.36. The molecule has 0 saturated carbocycles. The molecule has 2 unspecified atom stereocenters. The first-order chi connectivity index (χ1) is 14.9. The van der Waals surface area contributed by atoms with E-state index in [0.717, 1.165) is 16.8 Å². The molecule has 1 aliphatic heterocycles. The van der Waals surface area contributed by atoms with Gasteiger partial charge in [-0.05, 0) is 44.7 Å². The minimum atomic E-state index is -0.475. The maximum Gasteiger partial charge on any atom is 0.336 e. The van der Waals surface area contributed by atoms with E-state index in [0.29, 0.717) is 40.8 Å². The van der Waals surface area contributed by atoms with Crippen molar-refractivity contribution in [3.8, 4) is 6.07 Å². The third-order valence-corrected chi connectivity index (χ3v) is 6.47. The van der Waals surface area contributed by atoms with Gasteiger partial charge in [0.1, 0.15) is 0 Å². The number of Topliss-reactive ketones (excluding diaryl/α,β-unsaturated/α-hetero) is 1. The number of ether oxygens (including phenoxy) is 1. The van der Waals surface area contributed by atoms with Gasteiger partial charge in [0.05, 0.1) is 23.3 Å². The van der Waals surface area contributed by atoms with E-state index in [1.807, 2.05) is 64.1 Å². The van der Waals surface area contributed by atoms with Crippen LogP contribution in [0.15, 0.2) is 64.5 Å². The number of fused-ring (bicyclic) bond motifs is 2. The van der Waals surface area contributed by atoms with Gasteiger partial charge in [-0.1, -0.05) is 43.3 Å². The molecule has 2 aliphatic carbocycles. The molecule has 3 atom stereocenters. The van der Waals surface area contributed by atoms with Crippen molar-refractivity contribution in [1.29, 1.82) is 5.26 Å². The fourth-order valence-corrected chi connectivity index (χ4v) is 4.84. The van der Waals surface area contributed by atoms with Crippen LogP contribution < -0.4 is 5.32 Å². The minimum Gasteiger partial charge on any atom is -0.459 e. The van der Waals surface area contributed by atoms with Crippen LogP contribution in [0.4, 0.5) is 0 Å². The third kappa shape index (κ3) is 3.33. The lowest BCUT2D eigenvalue weighted by Crippen LogP contribution is -2.35. The molecule has 31 heavy (non-hydrogen) atoms. The molecule has 0 radical (unpaired) electrons. The minimum absolute atomic E-state index is 0.00382. The number of nitrogens with zero attached hydrogens (tertiary/aromatic N) is 1. The molecule has 0 aromatic heterocycles. The van der Waals surface area contributed by atoms with E-state index in [1.54, 1.807) is 0 Å². The van der Waals surface area contributed by atoms with Crippen molar-refractivity contribution in [3.63, 3.8) is 0 Å². The first kappa shape index (κ1) is 20.9. The highest BCUT2D eigenvalue weighted by atomic mass is 16.5. The van der Waals surface area contributed by atoms with Crippen LogP contribution in [0.2, 0.25) is 0 Å². The summed E-state index contributed by atoms with van der Waals surface area (Å²) in [6, 6.07) is 9.92. The summed E-state index contributed by atoms with van der Waals surface area (Å²) in [5.74, 6) is -1.08. The zero-order chi connectivity index (χ0) is 22.3. The SMILES string of the molecule is CC[C@@H](C)OC(=O)C1=C(C)NC(C)=C(C#N)C1C1CC=CC2=C1c1ccccc1C2=O. The van der Waals surface area contributed by atoms with E-state index < -0.39 is 11.9 Å². The fourth-order valence-electron chi connectivity index (χ4n) is 4.84. The second-order valence-electron chi connectivity index (χ2n) is 8.36. The highest BCUT2D eigenvalue weighted by Gasteiger charge is 2.44. The second kappa shape index (κ2) is 8.03. The predicted molar refractivity (Wildman–Crippen MR) is 118 cm³/mol. The Morgan fingerprint density at radius 2 is 1.97 bits per heavy atom. The van der Waals surface area contributed by atoms with E-state index in [2.05, 4.69) is 11.4 Å². The van der Waals surface area contributed by atoms with Crippen LogP contribution in [0.3, 0.4) is 0 Å². The topological polar surface area (TPSA) is 79.2 Å². The molecule has 5 heteroatoms. The normalized spacial score (nSPS) is 23.3. The molecule has 0 spiro atoms. The molecule has 1 heterocycles. The highest BCUT2D eigenvalue weighted by Crippen LogP contribution is 2.50. The highest BCUT2D eigenvalue weighted by molar-refractivity contribution is 6.23. The van der Waals surface area contributed by atoms with Gasteiger partial charge >= 0.3 is 5.97 Å². The number of ketones is 1. The Morgan fingerprint density at radius 3 is 2.65 bits per heavy atom. The Labute approximate surface area is 182 Å². The van der Waals surface area contributed by atoms with Gasteiger partial charge in [-0.3, -0.25) is 4.79 Å². The smallest absolute Gasteiger partial charge is 0.336 e. The van der Waals surface area contributed by atoms with Gasteiger partial charge in [-0.2, -0.15) is 5.26 Å². The largest absolute Gasteiger partial charge is 0.459 e. The van der Waals surface area contributed by atoms with Gasteiger partial charge in [0.25, 0.3) is 0 Å². The van der Waals surface area contributed by atoms with Crippen molar-refractivity contribution in [2.75, 3.05) is 0 Å². The molecule has 3 aliphatic rings. The molecule has 4 rings (SSSR count). The Hall–Kier alpha value is -3.39. The van der Waals surface area contributed by atoms with Crippen molar-refractivity contribution in [2.24, 2.45) is 11.8 Å². The zero-order valence-electron chi connectivity index (χ0n) is 18.3. The molecule has 1 N–H and O–H groups in total. The van der Waals surface area contributed by atoms with Gasteiger partial charge in [0.2, 0.25) is 0 Å². The summed E-state index contributed by atoms with van der Waals surface area (Å²) in [5, 5.41) is 13.2. The molecule has 0 saturated heterocycles. The first-order valence-corrected chi connectivity index (χ1v) is 10.7. The quantitative estimate of drug-likeness (QED) is 0.713. The lowest BCUT2D eigenvalue weighted by Gasteiger charge is -2.36. The summed E-state index contributed by atoms with van der Waals surface area (Å²) < 4.78 is 5.69. The number of esters is 1. The van der Waals surface area contributed by atoms with Crippen molar-refractivity contribution >= 4 is 17.3 Å². The number of nitrogens with one attached hydrogen (secondary N) is 1. The molecular formula is C26H26N2O3. The number of nitriles is 1. The molecule has 1 aromatic carbocycles. The number of hydrogen-bond donors (Lipinski definition) is 1. The number of carbonyl (C=O) groups is 2. The van der Waals surface area contributed by atoms with Crippen LogP contribution in [0.25, 0.3) is 5.57 Å². The monoisotopic (exact) mass is 414 g/mol. The predicted octanol–water partition coefficient (Wildman–Crippen LogP) is 4.85. The van der Waals surface area contributed by atoms with Crippen LogP contribution >= 0.6 is 0 Å². The Kier molecular flexibility index (Phi) is 5.41. The molecule has 5 nitrogen and oxygen atoms in total. The summed E-state index contributed by atoms with van der Waals surface area (Å²) in [7, 11) is 0. The fraction of sp³-hybridized carbons (Fsp3) is 0.346. The molecule has 0 amide bonds. The van der Waals surface area contributed by atoms with Gasteiger partial charge < -0.3 is 10.1 Å². The number of benzene rings is 1. The zero-order valence-corrected chi connectivity index (χ0v) is 18.3. The standard InChI is InChI=1S/C26H26N2O3/c1-5-14(2)31-26(30)22-16(4)28-15(3)21(13-27)24(22)19-11-8-12-20-23(19)17-9-6-7-10-18(17)25(20)29/h6-10,12,14,19,24,28H,5,11H2,1-4H3/t14-,19?,24?/m1/s1. The summed E-state index contributed by atoms with van der Waals surface area (Å²) in [4.78, 5) is 26.3. The molecule has 1 aromatic rings. The average Bonchev–Trinajstić information content (AvgIpc) is 3.05. The summed E-state index contributed by atoms with van der Waals surface area (Å²) in [6.45, 7) is 7.53. The van der Waals surface area contributed by atoms with Crippen LogP contribution in [-0.2, 0) is 9.53 Å². The first-order valence-electron chi connectivity index (χ1n) is 10.7. The molecule has 0 bridgehead atoms. The van der Waals surface area contributed by atoms with E-state index in [4.69, 9.17) is 4.74 Å². The number of rotatable bonds is 4. The van der Waals surface area contributed by atoms with Gasteiger partial charge in [-0.15, -0.1) is 0 Å². The maximum absolute atomic E-state index is 13.2. The van der Waals surface area contributed by atoms with Crippen LogP contribution in [0.1, 0.15) is 56.5 Å². The Morgan fingerprint density at radius 1 is 1.26 bits per heavy atom.